The first-order valence-electron chi connectivity index (χ1n) is 5.88. The van der Waals surface area contributed by atoms with Gasteiger partial charge in [0.2, 0.25) is 0 Å². The third-order valence-electron chi connectivity index (χ3n) is 2.57. The summed E-state index contributed by atoms with van der Waals surface area (Å²) in [6.45, 7) is 2.06. The predicted molar refractivity (Wildman–Crippen MR) is 63.5 cm³/mol. The average molecular weight is 238 g/mol. The van der Waals surface area contributed by atoms with E-state index in [4.69, 9.17) is 9.84 Å². The largest absolute Gasteiger partial charge is 0.481 e. The zero-order chi connectivity index (χ0) is 12.7. The highest BCUT2D eigenvalue weighted by Crippen LogP contribution is 2.25. The van der Waals surface area contributed by atoms with E-state index in [0.717, 1.165) is 31.3 Å². The maximum Gasteiger partial charge on any atom is 0.317 e. The highest BCUT2D eigenvalue weighted by molar-refractivity contribution is 5.90. The molecule has 1 aliphatic carbocycles. The molecule has 0 amide bonds. The molecule has 0 heterocycles. The van der Waals surface area contributed by atoms with E-state index in [9.17, 15) is 9.59 Å². The molecule has 0 aliphatic heterocycles. The number of hydrogen-bond donors (Lipinski definition) is 1. The van der Waals surface area contributed by atoms with Gasteiger partial charge in [0.1, 0.15) is 12.5 Å². The van der Waals surface area contributed by atoms with Crippen LogP contribution in [0.25, 0.3) is 0 Å². The minimum Gasteiger partial charge on any atom is -0.481 e. The Morgan fingerprint density at radius 1 is 1.53 bits per heavy atom. The molecule has 1 atom stereocenters. The molecule has 1 N–H and O–H groups in total. The lowest BCUT2D eigenvalue weighted by Gasteiger charge is -2.14. The maximum absolute atomic E-state index is 11.2. The van der Waals surface area contributed by atoms with Gasteiger partial charge >= 0.3 is 11.9 Å². The normalized spacial score (nSPS) is 19.4. The molecular weight excluding hydrogens is 220 g/mol. The minimum absolute atomic E-state index is 0.233. The number of carboxylic acid groups (broad SMARTS) is 1. The van der Waals surface area contributed by atoms with E-state index in [1.165, 1.54) is 0 Å². The quantitative estimate of drug-likeness (QED) is 0.438. The molecule has 0 unspecified atom stereocenters. The molecule has 0 aromatic carbocycles. The van der Waals surface area contributed by atoms with Gasteiger partial charge in [0.05, 0.1) is 0 Å². The van der Waals surface area contributed by atoms with Gasteiger partial charge in [0.15, 0.2) is 0 Å². The van der Waals surface area contributed by atoms with Gasteiger partial charge in [-0.2, -0.15) is 0 Å². The zero-order valence-corrected chi connectivity index (χ0v) is 10.0. The third-order valence-corrected chi connectivity index (χ3v) is 2.57. The van der Waals surface area contributed by atoms with Crippen LogP contribution in [0.1, 0.15) is 39.0 Å². The Labute approximate surface area is 101 Å². The van der Waals surface area contributed by atoms with Gasteiger partial charge in [-0.05, 0) is 31.3 Å². The number of aliphatic carboxylic acids is 1. The summed E-state index contributed by atoms with van der Waals surface area (Å²) in [6.07, 6.45) is 8.80. The molecule has 0 aromatic heterocycles. The lowest BCUT2D eigenvalue weighted by Crippen LogP contribution is -2.19. The van der Waals surface area contributed by atoms with Crippen LogP contribution in [0.2, 0.25) is 0 Å². The lowest BCUT2D eigenvalue weighted by atomic mass is 10.1. The topological polar surface area (TPSA) is 63.6 Å². The predicted octanol–water partition coefficient (Wildman–Crippen LogP) is 2.45. The second-order valence-electron chi connectivity index (χ2n) is 3.99. The number of allylic oxidation sites excluding steroid dienone is 3. The van der Waals surface area contributed by atoms with Crippen molar-refractivity contribution in [3.63, 3.8) is 0 Å². The van der Waals surface area contributed by atoms with Crippen LogP contribution in [0, 0.1) is 0 Å². The van der Waals surface area contributed by atoms with E-state index in [0.29, 0.717) is 0 Å². The van der Waals surface area contributed by atoms with Crippen LogP contribution in [0.15, 0.2) is 23.8 Å². The van der Waals surface area contributed by atoms with Crippen LogP contribution in [0.3, 0.4) is 0 Å². The first-order valence-corrected chi connectivity index (χ1v) is 5.88. The first-order chi connectivity index (χ1) is 8.13. The summed E-state index contributed by atoms with van der Waals surface area (Å²) in [5.74, 6) is -1.81. The number of carboxylic acids is 1. The molecule has 4 heteroatoms. The Bertz CT molecular complexity index is 341. The van der Waals surface area contributed by atoms with E-state index in [1.54, 1.807) is 0 Å². The standard InChI is InChI=1S/C13H18O4/c1-2-3-4-6-10-7-5-8-11(10)17-13(16)9-12(14)15/h3-4,7,11H,2,5-6,8-9H2,1H3,(H,14,15)/t11-/m1/s1. The summed E-state index contributed by atoms with van der Waals surface area (Å²) in [5.41, 5.74) is 1.08. The highest BCUT2D eigenvalue weighted by atomic mass is 16.5. The number of carbonyl (C=O) groups excluding carboxylic acids is 1. The second kappa shape index (κ2) is 6.89. The minimum atomic E-state index is -1.15. The van der Waals surface area contributed by atoms with Crippen molar-refractivity contribution in [2.24, 2.45) is 0 Å². The molecule has 4 nitrogen and oxygen atoms in total. The highest BCUT2D eigenvalue weighted by Gasteiger charge is 2.23. The molecule has 94 valence electrons. The van der Waals surface area contributed by atoms with Crippen molar-refractivity contribution in [3.8, 4) is 0 Å². The van der Waals surface area contributed by atoms with Crippen LogP contribution in [-0.2, 0) is 14.3 Å². The molecule has 1 rings (SSSR count). The van der Waals surface area contributed by atoms with Gasteiger partial charge in [-0.25, -0.2) is 0 Å². The Morgan fingerprint density at radius 2 is 2.29 bits per heavy atom. The van der Waals surface area contributed by atoms with Gasteiger partial charge in [-0.1, -0.05) is 25.2 Å². The Hall–Kier alpha value is -1.58. The summed E-state index contributed by atoms with van der Waals surface area (Å²) in [4.78, 5) is 21.6. The van der Waals surface area contributed by atoms with E-state index in [2.05, 4.69) is 25.2 Å². The summed E-state index contributed by atoms with van der Waals surface area (Å²) in [7, 11) is 0. The van der Waals surface area contributed by atoms with Gasteiger partial charge in [0, 0.05) is 0 Å². The SMILES string of the molecule is CCC=CCC1=CCC[C@H]1OC(=O)CC(=O)O. The maximum atomic E-state index is 11.2. The van der Waals surface area contributed by atoms with E-state index < -0.39 is 18.4 Å². The monoisotopic (exact) mass is 238 g/mol. The van der Waals surface area contributed by atoms with Crippen LogP contribution >= 0.6 is 0 Å². The van der Waals surface area contributed by atoms with E-state index in [-0.39, 0.29) is 6.10 Å². The van der Waals surface area contributed by atoms with Crippen molar-refractivity contribution >= 4 is 11.9 Å². The smallest absolute Gasteiger partial charge is 0.317 e. The van der Waals surface area contributed by atoms with E-state index >= 15 is 0 Å². The summed E-state index contributed by atoms with van der Waals surface area (Å²) >= 11 is 0. The number of esters is 1. The molecule has 0 spiro atoms. The van der Waals surface area contributed by atoms with Crippen molar-refractivity contribution in [1.29, 1.82) is 0 Å². The number of carbonyl (C=O) groups is 2. The fourth-order valence-electron chi connectivity index (χ4n) is 1.80. The zero-order valence-electron chi connectivity index (χ0n) is 10.0. The summed E-state index contributed by atoms with van der Waals surface area (Å²) < 4.78 is 5.14. The molecule has 0 saturated heterocycles. The van der Waals surface area contributed by atoms with Gasteiger partial charge in [-0.3, -0.25) is 9.59 Å². The van der Waals surface area contributed by atoms with Gasteiger partial charge in [0.25, 0.3) is 0 Å². The van der Waals surface area contributed by atoms with Gasteiger partial charge < -0.3 is 9.84 Å². The molecule has 0 aromatic rings. The molecule has 1 aliphatic rings. The van der Waals surface area contributed by atoms with Crippen molar-refractivity contribution in [2.45, 2.75) is 45.1 Å². The van der Waals surface area contributed by atoms with E-state index in [1.807, 2.05) is 0 Å². The fraction of sp³-hybridized carbons (Fsp3) is 0.538. The second-order valence-corrected chi connectivity index (χ2v) is 3.99. The average Bonchev–Trinajstić information content (AvgIpc) is 2.65. The van der Waals surface area contributed by atoms with Crippen LogP contribution in [0.5, 0.6) is 0 Å². The van der Waals surface area contributed by atoms with Crippen molar-refractivity contribution in [3.05, 3.63) is 23.8 Å². The Morgan fingerprint density at radius 3 is 2.94 bits per heavy atom. The number of hydrogen-bond acceptors (Lipinski definition) is 3. The van der Waals surface area contributed by atoms with Gasteiger partial charge in [-0.15, -0.1) is 0 Å². The van der Waals surface area contributed by atoms with Crippen molar-refractivity contribution in [2.75, 3.05) is 0 Å². The molecule has 0 saturated carbocycles. The molecule has 0 fully saturated rings. The fourth-order valence-corrected chi connectivity index (χ4v) is 1.80. The van der Waals surface area contributed by atoms with Crippen LogP contribution in [0.4, 0.5) is 0 Å². The molecule has 17 heavy (non-hydrogen) atoms. The summed E-state index contributed by atoms with van der Waals surface area (Å²) in [6, 6.07) is 0. The van der Waals surface area contributed by atoms with Crippen LogP contribution in [-0.4, -0.2) is 23.1 Å². The molecule has 0 radical (unpaired) electrons. The first kappa shape index (κ1) is 13.5. The third kappa shape index (κ3) is 4.85. The van der Waals surface area contributed by atoms with Crippen molar-refractivity contribution < 1.29 is 19.4 Å². The van der Waals surface area contributed by atoms with Crippen molar-refractivity contribution in [1.82, 2.24) is 0 Å². The number of ether oxygens (including phenoxy) is 1. The molecular formula is C13H18O4. The number of rotatable bonds is 6. The molecule has 0 bridgehead atoms. The van der Waals surface area contributed by atoms with Crippen LogP contribution < -0.4 is 0 Å². The summed E-state index contributed by atoms with van der Waals surface area (Å²) in [5, 5.41) is 8.47. The Balaban J connectivity index is 2.43. The lowest BCUT2D eigenvalue weighted by molar-refractivity contribution is -0.153. The Kier molecular flexibility index (Phi) is 5.46.